The molecule has 1 saturated heterocycles. The van der Waals surface area contributed by atoms with Gasteiger partial charge in [0.1, 0.15) is 0 Å². The van der Waals surface area contributed by atoms with E-state index in [2.05, 4.69) is 39.6 Å². The van der Waals surface area contributed by atoms with Crippen molar-refractivity contribution in [3.63, 3.8) is 0 Å². The Morgan fingerprint density at radius 1 is 1.36 bits per heavy atom. The van der Waals surface area contributed by atoms with Gasteiger partial charge in [0.2, 0.25) is 0 Å². The van der Waals surface area contributed by atoms with Crippen molar-refractivity contribution in [3.05, 3.63) is 0 Å². The lowest BCUT2D eigenvalue weighted by Gasteiger charge is -2.51. The van der Waals surface area contributed by atoms with Crippen LogP contribution in [0.5, 0.6) is 0 Å². The highest BCUT2D eigenvalue weighted by Gasteiger charge is 2.40. The van der Waals surface area contributed by atoms with Crippen molar-refractivity contribution in [3.8, 4) is 0 Å². The maximum Gasteiger partial charge on any atom is 0.0195 e. The third-order valence-corrected chi connectivity index (χ3v) is 2.82. The van der Waals surface area contributed by atoms with Crippen LogP contribution in [-0.4, -0.2) is 24.0 Å². The van der Waals surface area contributed by atoms with Crippen LogP contribution in [0.15, 0.2) is 0 Å². The van der Waals surface area contributed by atoms with Crippen LogP contribution in [0.2, 0.25) is 0 Å². The second kappa shape index (κ2) is 2.48. The number of hydrogen-bond donors (Lipinski definition) is 0. The number of hydrogen-bond acceptors (Lipinski definition) is 1. The first-order valence-electron chi connectivity index (χ1n) is 4.55. The van der Waals surface area contributed by atoms with Gasteiger partial charge >= 0.3 is 0 Å². The average Bonchev–Trinajstić information content (AvgIpc) is 1.81. The van der Waals surface area contributed by atoms with Crippen LogP contribution in [0.25, 0.3) is 0 Å². The van der Waals surface area contributed by atoms with Crippen molar-refractivity contribution in [2.24, 2.45) is 5.41 Å². The maximum atomic E-state index is 2.47. The first kappa shape index (κ1) is 9.05. The summed E-state index contributed by atoms with van der Waals surface area (Å²) in [5.41, 5.74) is 0.974. The summed E-state index contributed by atoms with van der Waals surface area (Å²) >= 11 is 0. The van der Waals surface area contributed by atoms with Gasteiger partial charge in [-0.05, 0) is 32.2 Å². The molecule has 0 aromatic heterocycles. The molecule has 11 heavy (non-hydrogen) atoms. The third-order valence-electron chi connectivity index (χ3n) is 2.82. The van der Waals surface area contributed by atoms with Gasteiger partial charge in [0.25, 0.3) is 0 Å². The van der Waals surface area contributed by atoms with Crippen molar-refractivity contribution in [2.75, 3.05) is 13.6 Å². The summed E-state index contributed by atoms with van der Waals surface area (Å²) in [5.74, 6) is 0. The van der Waals surface area contributed by atoms with E-state index in [0.29, 0.717) is 11.0 Å². The first-order chi connectivity index (χ1) is 4.83. The summed E-state index contributed by atoms with van der Waals surface area (Å²) in [6.45, 7) is 10.6. The molecule has 0 aliphatic carbocycles. The predicted molar refractivity (Wildman–Crippen MR) is 49.7 cm³/mol. The van der Waals surface area contributed by atoms with Gasteiger partial charge in [0, 0.05) is 12.1 Å². The van der Waals surface area contributed by atoms with E-state index >= 15 is 0 Å². The van der Waals surface area contributed by atoms with Crippen LogP contribution in [0.3, 0.4) is 0 Å². The average molecular weight is 155 g/mol. The van der Waals surface area contributed by atoms with Gasteiger partial charge in [-0.25, -0.2) is 0 Å². The van der Waals surface area contributed by atoms with E-state index < -0.39 is 0 Å². The lowest BCUT2D eigenvalue weighted by atomic mass is 9.74. The monoisotopic (exact) mass is 155 g/mol. The van der Waals surface area contributed by atoms with Crippen molar-refractivity contribution >= 4 is 0 Å². The molecule has 0 saturated carbocycles. The van der Waals surface area contributed by atoms with Crippen molar-refractivity contribution in [1.82, 2.24) is 4.90 Å². The molecule has 1 fully saturated rings. The Morgan fingerprint density at radius 2 is 1.91 bits per heavy atom. The molecule has 1 unspecified atom stereocenters. The van der Waals surface area contributed by atoms with Crippen LogP contribution in [0.4, 0.5) is 0 Å². The largest absolute Gasteiger partial charge is 0.301 e. The standard InChI is InChI=1S/C10H21N/c1-9(2,3)8-10(4)6-7-11(10)5/h6-8H2,1-5H3. The number of rotatable bonds is 1. The van der Waals surface area contributed by atoms with Crippen LogP contribution in [-0.2, 0) is 0 Å². The van der Waals surface area contributed by atoms with E-state index in [4.69, 9.17) is 0 Å². The summed E-state index contributed by atoms with van der Waals surface area (Å²) in [5, 5.41) is 0. The summed E-state index contributed by atoms with van der Waals surface area (Å²) in [6, 6.07) is 0. The number of nitrogens with zero attached hydrogens (tertiary/aromatic N) is 1. The molecule has 0 N–H and O–H groups in total. The molecule has 0 aromatic rings. The predicted octanol–water partition coefficient (Wildman–Crippen LogP) is 2.52. The zero-order valence-electron chi connectivity index (χ0n) is 8.57. The molecule has 1 aliphatic heterocycles. The highest BCUT2D eigenvalue weighted by molar-refractivity contribution is 4.96. The molecule has 1 heterocycles. The van der Waals surface area contributed by atoms with Crippen LogP contribution >= 0.6 is 0 Å². The third kappa shape index (κ3) is 1.96. The zero-order chi connectivity index (χ0) is 8.70. The fourth-order valence-corrected chi connectivity index (χ4v) is 2.08. The normalized spacial score (nSPS) is 33.5. The Morgan fingerprint density at radius 3 is 2.00 bits per heavy atom. The minimum absolute atomic E-state index is 0.476. The highest BCUT2D eigenvalue weighted by Crippen LogP contribution is 2.38. The van der Waals surface area contributed by atoms with Gasteiger partial charge in [0.05, 0.1) is 0 Å². The van der Waals surface area contributed by atoms with E-state index in [1.165, 1.54) is 19.4 Å². The highest BCUT2D eigenvalue weighted by atomic mass is 15.2. The molecule has 0 amide bonds. The minimum atomic E-state index is 0.476. The topological polar surface area (TPSA) is 3.24 Å². The van der Waals surface area contributed by atoms with E-state index in [-0.39, 0.29) is 0 Å². The Bertz CT molecular complexity index is 145. The van der Waals surface area contributed by atoms with Gasteiger partial charge in [-0.15, -0.1) is 0 Å². The number of likely N-dealkylation sites (tertiary alicyclic amines) is 1. The van der Waals surface area contributed by atoms with Crippen LogP contribution < -0.4 is 0 Å². The van der Waals surface area contributed by atoms with Crippen LogP contribution in [0, 0.1) is 5.41 Å². The van der Waals surface area contributed by atoms with Gasteiger partial charge < -0.3 is 4.90 Å². The molecule has 1 atom stereocenters. The fraction of sp³-hybridized carbons (Fsp3) is 1.00. The first-order valence-corrected chi connectivity index (χ1v) is 4.55. The lowest BCUT2D eigenvalue weighted by Crippen LogP contribution is -2.56. The SMILES string of the molecule is CN1CCC1(C)CC(C)(C)C. The Balaban J connectivity index is 2.48. The summed E-state index contributed by atoms with van der Waals surface area (Å²) in [4.78, 5) is 2.47. The van der Waals surface area contributed by atoms with E-state index in [1.54, 1.807) is 0 Å². The molecule has 1 nitrogen and oxygen atoms in total. The Labute approximate surface area is 70.8 Å². The molecule has 1 rings (SSSR count). The van der Waals surface area contributed by atoms with Crippen molar-refractivity contribution < 1.29 is 0 Å². The second-order valence-electron chi connectivity index (χ2n) is 5.41. The summed E-state index contributed by atoms with van der Waals surface area (Å²) in [7, 11) is 2.23. The van der Waals surface area contributed by atoms with Gasteiger partial charge in [0.15, 0.2) is 0 Å². The van der Waals surface area contributed by atoms with Crippen LogP contribution in [0.1, 0.15) is 40.5 Å². The summed E-state index contributed by atoms with van der Waals surface area (Å²) < 4.78 is 0. The molecule has 1 heteroatoms. The molecule has 66 valence electrons. The second-order valence-corrected chi connectivity index (χ2v) is 5.41. The van der Waals surface area contributed by atoms with E-state index in [9.17, 15) is 0 Å². The van der Waals surface area contributed by atoms with E-state index in [0.717, 1.165) is 0 Å². The van der Waals surface area contributed by atoms with E-state index in [1.807, 2.05) is 0 Å². The van der Waals surface area contributed by atoms with Gasteiger partial charge in [-0.1, -0.05) is 20.8 Å². The molecule has 0 radical (unpaired) electrons. The van der Waals surface area contributed by atoms with Crippen molar-refractivity contribution in [1.29, 1.82) is 0 Å². The Hall–Kier alpha value is -0.0400. The van der Waals surface area contributed by atoms with Crippen molar-refractivity contribution in [2.45, 2.75) is 46.1 Å². The fourth-order valence-electron chi connectivity index (χ4n) is 2.08. The molecule has 0 aromatic carbocycles. The zero-order valence-corrected chi connectivity index (χ0v) is 8.57. The quantitative estimate of drug-likeness (QED) is 0.562. The smallest absolute Gasteiger partial charge is 0.0195 e. The molecule has 1 aliphatic rings. The molecular weight excluding hydrogens is 134 g/mol. The Kier molecular flexibility index (Phi) is 2.04. The lowest BCUT2D eigenvalue weighted by molar-refractivity contribution is -0.00550. The minimum Gasteiger partial charge on any atom is -0.301 e. The maximum absolute atomic E-state index is 2.47. The molecule has 0 spiro atoms. The molecular formula is C10H21N. The van der Waals surface area contributed by atoms with Gasteiger partial charge in [-0.3, -0.25) is 0 Å². The summed E-state index contributed by atoms with van der Waals surface area (Å²) in [6.07, 6.45) is 2.69. The molecule has 0 bridgehead atoms. The van der Waals surface area contributed by atoms with Gasteiger partial charge in [-0.2, -0.15) is 0 Å².